The van der Waals surface area contributed by atoms with Crippen LogP contribution in [0.4, 0.5) is 0 Å². The van der Waals surface area contributed by atoms with Gasteiger partial charge in [0.2, 0.25) is 0 Å². The molecule has 0 aliphatic carbocycles. The molecule has 0 bridgehead atoms. The van der Waals surface area contributed by atoms with E-state index in [0.29, 0.717) is 5.65 Å². The van der Waals surface area contributed by atoms with Crippen molar-refractivity contribution in [1.82, 2.24) is 29.7 Å². The third kappa shape index (κ3) is 2.52. The summed E-state index contributed by atoms with van der Waals surface area (Å²) in [6.07, 6.45) is 8.89. The van der Waals surface area contributed by atoms with Crippen LogP contribution in [0.3, 0.4) is 0 Å². The van der Waals surface area contributed by atoms with Gasteiger partial charge < -0.3 is 4.98 Å². The molecule has 0 amide bonds. The van der Waals surface area contributed by atoms with E-state index < -0.39 is 0 Å². The molecule has 0 aliphatic heterocycles. The third-order valence-corrected chi connectivity index (χ3v) is 3.10. The van der Waals surface area contributed by atoms with Crippen molar-refractivity contribution < 1.29 is 34.1 Å². The van der Waals surface area contributed by atoms with E-state index in [1.54, 1.807) is 23.4 Å². The molecule has 7 heteroatoms. The Labute approximate surface area is 147 Å². The number of H-pyrrole nitrogens is 1. The smallest absolute Gasteiger partial charge is 0.178 e. The molecule has 0 aliphatic rings. The Bertz CT molecular complexity index is 873. The summed E-state index contributed by atoms with van der Waals surface area (Å²) < 4.78 is 1.75. The standard InChI is InChI=1S/C14H10N6.Y.H2/c1-2-5-15-12(3-1)20-8-10(7-19-20)11-4-6-16-14-13(11)17-9-18-14;;/h1-9H,(H,16,17,18);;1H. The van der Waals surface area contributed by atoms with Crippen molar-refractivity contribution in [3.8, 4) is 16.9 Å². The summed E-state index contributed by atoms with van der Waals surface area (Å²) in [4.78, 5) is 15.8. The predicted molar refractivity (Wildman–Crippen MR) is 76.4 cm³/mol. The molecular formula is C14H12N6Y. The average Bonchev–Trinajstić information content (AvgIpc) is 3.17. The number of aromatic amines is 1. The molecule has 4 aromatic heterocycles. The van der Waals surface area contributed by atoms with Gasteiger partial charge in [-0.05, 0) is 18.2 Å². The van der Waals surface area contributed by atoms with Crippen molar-refractivity contribution in [1.29, 1.82) is 0 Å². The first kappa shape index (κ1) is 14.0. The van der Waals surface area contributed by atoms with Crippen molar-refractivity contribution >= 4 is 11.2 Å². The van der Waals surface area contributed by atoms with E-state index in [0.717, 1.165) is 22.5 Å². The second-order valence-electron chi connectivity index (χ2n) is 4.32. The first-order valence-corrected chi connectivity index (χ1v) is 6.16. The van der Waals surface area contributed by atoms with E-state index in [1.165, 1.54) is 0 Å². The monoisotopic (exact) mass is 353 g/mol. The second-order valence-corrected chi connectivity index (χ2v) is 4.32. The molecule has 0 unspecified atom stereocenters. The topological polar surface area (TPSA) is 72.3 Å². The normalized spacial score (nSPS) is 10.5. The molecular weight excluding hydrogens is 341 g/mol. The summed E-state index contributed by atoms with van der Waals surface area (Å²) in [6, 6.07) is 7.67. The van der Waals surface area contributed by atoms with E-state index in [2.05, 4.69) is 25.0 Å². The van der Waals surface area contributed by atoms with Crippen LogP contribution in [0.25, 0.3) is 28.1 Å². The summed E-state index contributed by atoms with van der Waals surface area (Å²) in [5.74, 6) is 0.786. The molecule has 0 saturated heterocycles. The van der Waals surface area contributed by atoms with Gasteiger partial charge in [-0.1, -0.05) is 6.07 Å². The van der Waals surface area contributed by atoms with Gasteiger partial charge in [-0.25, -0.2) is 19.6 Å². The molecule has 1 radical (unpaired) electrons. The fraction of sp³-hybridized carbons (Fsp3) is 0. The summed E-state index contributed by atoms with van der Waals surface area (Å²) >= 11 is 0. The number of aromatic nitrogens is 6. The molecule has 4 heterocycles. The number of fused-ring (bicyclic) bond motifs is 1. The Hall–Kier alpha value is -1.92. The molecule has 0 atom stereocenters. The Morgan fingerprint density at radius 2 is 2.00 bits per heavy atom. The van der Waals surface area contributed by atoms with Crippen molar-refractivity contribution in [2.24, 2.45) is 0 Å². The van der Waals surface area contributed by atoms with Crippen LogP contribution in [0, 0.1) is 0 Å². The Morgan fingerprint density at radius 1 is 1.05 bits per heavy atom. The SMILES string of the molecule is [HH].[Y].c1ccc(-n2cc(-c3ccnc4nc[nH]c34)cn2)nc1. The maximum Gasteiger partial charge on any atom is 0.178 e. The van der Waals surface area contributed by atoms with Crippen LogP contribution in [-0.4, -0.2) is 29.7 Å². The Morgan fingerprint density at radius 3 is 2.86 bits per heavy atom. The number of pyridine rings is 2. The van der Waals surface area contributed by atoms with Crippen molar-refractivity contribution in [2.75, 3.05) is 0 Å². The van der Waals surface area contributed by atoms with Crippen LogP contribution in [0.15, 0.2) is 55.4 Å². The number of hydrogen-bond donors (Lipinski definition) is 1. The quantitative estimate of drug-likeness (QED) is 0.601. The van der Waals surface area contributed by atoms with Crippen LogP contribution < -0.4 is 0 Å². The maximum absolute atomic E-state index is 4.35. The zero-order chi connectivity index (χ0) is 13.4. The van der Waals surface area contributed by atoms with E-state index in [1.807, 2.05) is 36.7 Å². The molecule has 21 heavy (non-hydrogen) atoms. The van der Waals surface area contributed by atoms with Crippen LogP contribution in [-0.2, 0) is 32.7 Å². The molecule has 0 aromatic carbocycles. The minimum atomic E-state index is 0. The van der Waals surface area contributed by atoms with Crippen molar-refractivity contribution in [3.63, 3.8) is 0 Å². The number of nitrogens with one attached hydrogen (secondary N) is 1. The number of hydrogen-bond acceptors (Lipinski definition) is 4. The fourth-order valence-electron chi connectivity index (χ4n) is 2.17. The van der Waals surface area contributed by atoms with E-state index >= 15 is 0 Å². The van der Waals surface area contributed by atoms with Gasteiger partial charge in [0.25, 0.3) is 0 Å². The molecule has 0 saturated carbocycles. The second kappa shape index (κ2) is 5.83. The minimum Gasteiger partial charge on any atom is -0.343 e. The molecule has 101 valence electrons. The molecule has 0 fully saturated rings. The fourth-order valence-corrected chi connectivity index (χ4v) is 2.17. The molecule has 6 nitrogen and oxygen atoms in total. The Balaban J connectivity index is 0.000000882. The van der Waals surface area contributed by atoms with Crippen molar-refractivity contribution in [2.45, 2.75) is 0 Å². The zero-order valence-electron chi connectivity index (χ0n) is 11.0. The first-order valence-electron chi connectivity index (χ1n) is 6.16. The van der Waals surface area contributed by atoms with Gasteiger partial charge in [0.15, 0.2) is 11.5 Å². The van der Waals surface area contributed by atoms with E-state index in [-0.39, 0.29) is 34.1 Å². The van der Waals surface area contributed by atoms with Gasteiger partial charge in [0.1, 0.15) is 0 Å². The maximum atomic E-state index is 4.35. The van der Waals surface area contributed by atoms with Gasteiger partial charge >= 0.3 is 0 Å². The minimum absolute atomic E-state index is 0. The van der Waals surface area contributed by atoms with Crippen LogP contribution >= 0.6 is 0 Å². The van der Waals surface area contributed by atoms with Gasteiger partial charge in [-0.2, -0.15) is 5.10 Å². The summed E-state index contributed by atoms with van der Waals surface area (Å²) in [6.45, 7) is 0. The zero-order valence-corrected chi connectivity index (χ0v) is 13.8. The largest absolute Gasteiger partial charge is 0.343 e. The number of nitrogens with zero attached hydrogens (tertiary/aromatic N) is 5. The summed E-state index contributed by atoms with van der Waals surface area (Å²) in [5, 5.41) is 4.35. The van der Waals surface area contributed by atoms with Crippen LogP contribution in [0.2, 0.25) is 0 Å². The molecule has 4 aromatic rings. The van der Waals surface area contributed by atoms with Crippen LogP contribution in [0.1, 0.15) is 1.43 Å². The Kier molecular flexibility index (Phi) is 3.90. The summed E-state index contributed by atoms with van der Waals surface area (Å²) in [5.41, 5.74) is 3.63. The van der Waals surface area contributed by atoms with E-state index in [4.69, 9.17) is 0 Å². The molecule has 1 N–H and O–H groups in total. The first-order chi connectivity index (χ1) is 9.92. The van der Waals surface area contributed by atoms with Gasteiger partial charge in [-0.15, -0.1) is 0 Å². The van der Waals surface area contributed by atoms with Gasteiger partial charge in [0, 0.05) is 63.9 Å². The number of imidazole rings is 1. The van der Waals surface area contributed by atoms with Gasteiger partial charge in [0.05, 0.1) is 18.0 Å². The average molecular weight is 353 g/mol. The molecule has 4 rings (SSSR count). The number of rotatable bonds is 2. The third-order valence-electron chi connectivity index (χ3n) is 3.10. The summed E-state index contributed by atoms with van der Waals surface area (Å²) in [7, 11) is 0. The van der Waals surface area contributed by atoms with Crippen LogP contribution in [0.5, 0.6) is 0 Å². The molecule has 0 spiro atoms. The van der Waals surface area contributed by atoms with Gasteiger partial charge in [-0.3, -0.25) is 0 Å². The van der Waals surface area contributed by atoms with E-state index in [9.17, 15) is 0 Å². The predicted octanol–water partition coefficient (Wildman–Crippen LogP) is 2.45. The van der Waals surface area contributed by atoms with Crippen molar-refractivity contribution in [3.05, 3.63) is 55.4 Å².